The lowest BCUT2D eigenvalue weighted by molar-refractivity contribution is -0.122. The fourth-order valence-corrected chi connectivity index (χ4v) is 2.43. The Bertz CT molecular complexity index is 934. The van der Waals surface area contributed by atoms with Gasteiger partial charge in [-0.05, 0) is 19.9 Å². The van der Waals surface area contributed by atoms with Gasteiger partial charge in [-0.25, -0.2) is 5.10 Å². The van der Waals surface area contributed by atoms with Crippen molar-refractivity contribution in [1.29, 1.82) is 0 Å². The number of aromatic nitrogens is 4. The molecule has 1 unspecified atom stereocenters. The van der Waals surface area contributed by atoms with E-state index in [9.17, 15) is 9.59 Å². The molecule has 0 saturated heterocycles. The van der Waals surface area contributed by atoms with Crippen LogP contribution in [0.3, 0.4) is 0 Å². The maximum atomic E-state index is 12.4. The van der Waals surface area contributed by atoms with Gasteiger partial charge in [0.15, 0.2) is 0 Å². The quantitative estimate of drug-likeness (QED) is 0.756. The summed E-state index contributed by atoms with van der Waals surface area (Å²) in [7, 11) is 0. The van der Waals surface area contributed by atoms with Gasteiger partial charge in [0, 0.05) is 11.6 Å². The van der Waals surface area contributed by atoms with E-state index in [2.05, 4.69) is 25.5 Å². The Morgan fingerprint density at radius 1 is 1.21 bits per heavy atom. The predicted molar refractivity (Wildman–Crippen MR) is 89.4 cm³/mol. The van der Waals surface area contributed by atoms with E-state index in [1.165, 1.54) is 0 Å². The molecule has 2 N–H and O–H groups in total. The van der Waals surface area contributed by atoms with Crippen molar-refractivity contribution in [2.45, 2.75) is 26.3 Å². The second-order valence-electron chi connectivity index (χ2n) is 5.57. The van der Waals surface area contributed by atoms with Gasteiger partial charge in [-0.3, -0.25) is 19.6 Å². The number of carbonyl (C=O) groups excluding carboxylic acids is 1. The molecule has 7 nitrogen and oxygen atoms in total. The minimum absolute atomic E-state index is 0.193. The van der Waals surface area contributed by atoms with Gasteiger partial charge in [0.2, 0.25) is 5.91 Å². The number of aryl methyl sites for hydroxylation is 1. The molecular formula is C17H17N5O2. The summed E-state index contributed by atoms with van der Waals surface area (Å²) in [4.78, 5) is 32.6. The van der Waals surface area contributed by atoms with E-state index in [1.807, 2.05) is 13.0 Å². The summed E-state index contributed by atoms with van der Waals surface area (Å²) in [5.74, 6) is -0.702. The lowest BCUT2D eigenvalue weighted by Crippen LogP contribution is -2.29. The van der Waals surface area contributed by atoms with Crippen molar-refractivity contribution < 1.29 is 4.79 Å². The Morgan fingerprint density at radius 3 is 2.67 bits per heavy atom. The number of amides is 1. The summed E-state index contributed by atoms with van der Waals surface area (Å²) in [5.41, 5.74) is 1.78. The van der Waals surface area contributed by atoms with Crippen molar-refractivity contribution >= 4 is 16.7 Å². The van der Waals surface area contributed by atoms with Crippen LogP contribution in [0.4, 0.5) is 0 Å². The fourth-order valence-electron chi connectivity index (χ4n) is 2.43. The summed E-state index contributed by atoms with van der Waals surface area (Å²) < 4.78 is 0. The molecule has 2 heterocycles. The Morgan fingerprint density at radius 2 is 1.96 bits per heavy atom. The fraction of sp³-hybridized carbons (Fsp3) is 0.235. The Hall–Kier alpha value is -3.09. The highest BCUT2D eigenvalue weighted by atomic mass is 16.2. The number of hydrogen-bond acceptors (Lipinski definition) is 5. The average molecular weight is 323 g/mol. The second kappa shape index (κ2) is 6.57. The largest absolute Gasteiger partial charge is 0.350 e. The van der Waals surface area contributed by atoms with E-state index >= 15 is 0 Å². The molecule has 0 fully saturated rings. The van der Waals surface area contributed by atoms with Crippen molar-refractivity contribution in [2.75, 3.05) is 0 Å². The third-order valence-electron chi connectivity index (χ3n) is 3.81. The van der Waals surface area contributed by atoms with E-state index in [-0.39, 0.29) is 18.0 Å². The van der Waals surface area contributed by atoms with Gasteiger partial charge in [-0.2, -0.15) is 5.10 Å². The lowest BCUT2D eigenvalue weighted by Gasteiger charge is -2.13. The van der Waals surface area contributed by atoms with Gasteiger partial charge < -0.3 is 5.32 Å². The van der Waals surface area contributed by atoms with E-state index in [0.29, 0.717) is 22.2 Å². The molecule has 0 aliphatic carbocycles. The maximum Gasteiger partial charge on any atom is 0.272 e. The zero-order valence-electron chi connectivity index (χ0n) is 13.4. The first-order valence-electron chi connectivity index (χ1n) is 7.59. The summed E-state index contributed by atoms with van der Waals surface area (Å²) >= 11 is 0. The van der Waals surface area contributed by atoms with Gasteiger partial charge in [-0.15, -0.1) is 0 Å². The Labute approximate surface area is 138 Å². The van der Waals surface area contributed by atoms with E-state index in [1.54, 1.807) is 37.5 Å². The Kier molecular flexibility index (Phi) is 4.33. The third-order valence-corrected chi connectivity index (χ3v) is 3.81. The monoisotopic (exact) mass is 323 g/mol. The van der Waals surface area contributed by atoms with Crippen LogP contribution in [0.2, 0.25) is 0 Å². The van der Waals surface area contributed by atoms with E-state index < -0.39 is 5.92 Å². The SMILES string of the molecule is Cc1cnc(CNC(=O)C(C)c2n[nH]c(=O)c3ccccc23)cn1. The first-order chi connectivity index (χ1) is 11.6. The number of rotatable bonds is 4. The highest BCUT2D eigenvalue weighted by Crippen LogP contribution is 2.20. The van der Waals surface area contributed by atoms with Gasteiger partial charge in [0.25, 0.3) is 5.56 Å². The molecule has 0 aliphatic rings. The van der Waals surface area contributed by atoms with Crippen LogP contribution < -0.4 is 10.9 Å². The van der Waals surface area contributed by atoms with Crippen LogP contribution in [-0.4, -0.2) is 26.1 Å². The van der Waals surface area contributed by atoms with Crippen molar-refractivity contribution in [1.82, 2.24) is 25.5 Å². The van der Waals surface area contributed by atoms with Gasteiger partial charge >= 0.3 is 0 Å². The molecule has 0 spiro atoms. The number of H-pyrrole nitrogens is 1. The van der Waals surface area contributed by atoms with Crippen LogP contribution in [0.25, 0.3) is 10.8 Å². The zero-order valence-corrected chi connectivity index (χ0v) is 13.4. The number of nitrogens with one attached hydrogen (secondary N) is 2. The minimum atomic E-state index is -0.509. The van der Waals surface area contributed by atoms with Crippen LogP contribution in [0, 0.1) is 6.92 Å². The van der Waals surface area contributed by atoms with E-state index in [4.69, 9.17) is 0 Å². The number of hydrogen-bond donors (Lipinski definition) is 2. The van der Waals surface area contributed by atoms with Crippen molar-refractivity contribution in [3.63, 3.8) is 0 Å². The second-order valence-corrected chi connectivity index (χ2v) is 5.57. The van der Waals surface area contributed by atoms with Crippen molar-refractivity contribution in [3.8, 4) is 0 Å². The predicted octanol–water partition coefficient (Wildman–Crippen LogP) is 1.44. The first kappa shape index (κ1) is 15.8. The number of benzene rings is 1. The van der Waals surface area contributed by atoms with Gasteiger partial charge in [0.1, 0.15) is 0 Å². The number of carbonyl (C=O) groups is 1. The number of aromatic amines is 1. The number of fused-ring (bicyclic) bond motifs is 1. The minimum Gasteiger partial charge on any atom is -0.350 e. The van der Waals surface area contributed by atoms with Gasteiger partial charge in [0.05, 0.1) is 41.1 Å². The topological polar surface area (TPSA) is 101 Å². The van der Waals surface area contributed by atoms with Crippen molar-refractivity contribution in [2.24, 2.45) is 0 Å². The normalized spacial score (nSPS) is 12.1. The van der Waals surface area contributed by atoms with E-state index in [0.717, 1.165) is 5.69 Å². The van der Waals surface area contributed by atoms with Crippen LogP contribution in [0.15, 0.2) is 41.5 Å². The molecule has 2 aromatic heterocycles. The summed E-state index contributed by atoms with van der Waals surface area (Å²) in [6.45, 7) is 3.89. The average Bonchev–Trinajstić information content (AvgIpc) is 2.61. The first-order valence-corrected chi connectivity index (χ1v) is 7.59. The molecule has 24 heavy (non-hydrogen) atoms. The molecule has 0 aliphatic heterocycles. The summed E-state index contributed by atoms with van der Waals surface area (Å²) in [6.07, 6.45) is 3.29. The Balaban J connectivity index is 1.80. The highest BCUT2D eigenvalue weighted by Gasteiger charge is 2.20. The molecule has 3 rings (SSSR count). The van der Waals surface area contributed by atoms with Crippen LogP contribution in [0.5, 0.6) is 0 Å². The lowest BCUT2D eigenvalue weighted by atomic mass is 10.0. The van der Waals surface area contributed by atoms with Crippen LogP contribution in [0.1, 0.15) is 29.9 Å². The van der Waals surface area contributed by atoms with Crippen molar-refractivity contribution in [3.05, 3.63) is 64.1 Å². The molecular weight excluding hydrogens is 306 g/mol. The molecule has 7 heteroatoms. The molecule has 1 amide bonds. The molecule has 1 atom stereocenters. The maximum absolute atomic E-state index is 12.4. The molecule has 0 bridgehead atoms. The molecule has 0 radical (unpaired) electrons. The van der Waals surface area contributed by atoms with Crippen LogP contribution in [-0.2, 0) is 11.3 Å². The number of nitrogens with zero attached hydrogens (tertiary/aromatic N) is 3. The van der Waals surface area contributed by atoms with Crippen LogP contribution >= 0.6 is 0 Å². The highest BCUT2D eigenvalue weighted by molar-refractivity contribution is 5.90. The summed E-state index contributed by atoms with van der Waals surface area (Å²) in [6, 6.07) is 7.11. The zero-order chi connectivity index (χ0) is 17.1. The summed E-state index contributed by atoms with van der Waals surface area (Å²) in [5, 5.41) is 10.5. The molecule has 122 valence electrons. The molecule has 0 saturated carbocycles. The third kappa shape index (κ3) is 3.15. The van der Waals surface area contributed by atoms with Gasteiger partial charge in [-0.1, -0.05) is 18.2 Å². The molecule has 3 aromatic rings. The standard InChI is InChI=1S/C17H17N5O2/c1-10-7-19-12(8-18-10)9-20-16(23)11(2)15-13-5-3-4-6-14(13)17(24)22-21-15/h3-8,11H,9H2,1-2H3,(H,20,23)(H,22,24). The smallest absolute Gasteiger partial charge is 0.272 e. The molecule has 1 aromatic carbocycles.